The SMILES string of the molecule is Cc1c(N2CCCCC2=O)cccc1S(=O)(=O)N[C@@H](CNC(=O)c1ccc(Cl)s1)C(=O)N1CCN(C2CC2)CC1. The molecule has 0 unspecified atom stereocenters. The largest absolute Gasteiger partial charge is 0.349 e. The van der Waals surface area contributed by atoms with Crippen LogP contribution in [0.25, 0.3) is 0 Å². The van der Waals surface area contributed by atoms with E-state index in [1.165, 1.54) is 18.9 Å². The first kappa shape index (κ1) is 29.0. The number of benzene rings is 1. The fourth-order valence-electron chi connectivity index (χ4n) is 5.36. The maximum absolute atomic E-state index is 13.7. The van der Waals surface area contributed by atoms with Crippen molar-refractivity contribution < 1.29 is 22.8 Å². The summed E-state index contributed by atoms with van der Waals surface area (Å²) in [5.74, 6) is -0.857. The Kier molecular flexibility index (Phi) is 8.81. The molecule has 1 saturated carbocycles. The summed E-state index contributed by atoms with van der Waals surface area (Å²) in [6.07, 6.45) is 4.44. The second-order valence-corrected chi connectivity index (χ2v) is 13.9. The normalized spacial score (nSPS) is 19.5. The Bertz CT molecular complexity index is 1390. The molecule has 10 nitrogen and oxygen atoms in total. The van der Waals surface area contributed by atoms with Crippen molar-refractivity contribution in [3.05, 3.63) is 45.1 Å². The Morgan fingerprint density at radius 1 is 1.07 bits per heavy atom. The molecule has 3 aliphatic rings. The van der Waals surface area contributed by atoms with Crippen molar-refractivity contribution >= 4 is 56.4 Å². The summed E-state index contributed by atoms with van der Waals surface area (Å²) in [4.78, 5) is 44.9. The van der Waals surface area contributed by atoms with Crippen molar-refractivity contribution in [2.45, 2.75) is 56.0 Å². The molecule has 5 rings (SSSR count). The van der Waals surface area contributed by atoms with E-state index in [1.54, 1.807) is 41.0 Å². The third-order valence-corrected chi connectivity index (χ3v) is 10.6. The molecule has 40 heavy (non-hydrogen) atoms. The molecule has 0 radical (unpaired) electrons. The van der Waals surface area contributed by atoms with E-state index >= 15 is 0 Å². The second-order valence-electron chi connectivity index (χ2n) is 10.5. The van der Waals surface area contributed by atoms with Gasteiger partial charge in [-0.15, -0.1) is 11.3 Å². The molecule has 1 aromatic carbocycles. The highest BCUT2D eigenvalue weighted by atomic mass is 35.5. The monoisotopic (exact) mass is 607 g/mol. The Labute approximate surface area is 243 Å². The number of carbonyl (C=O) groups excluding carboxylic acids is 3. The quantitative estimate of drug-likeness (QED) is 0.452. The van der Waals surface area contributed by atoms with Gasteiger partial charge >= 0.3 is 0 Å². The first-order valence-electron chi connectivity index (χ1n) is 13.6. The molecule has 2 N–H and O–H groups in total. The van der Waals surface area contributed by atoms with Gasteiger partial charge in [0.05, 0.1) is 14.1 Å². The van der Waals surface area contributed by atoms with Crippen molar-refractivity contribution in [2.24, 2.45) is 0 Å². The minimum absolute atomic E-state index is 0.00362. The van der Waals surface area contributed by atoms with E-state index in [2.05, 4.69) is 14.9 Å². The van der Waals surface area contributed by atoms with E-state index in [0.29, 0.717) is 52.6 Å². The molecule has 2 saturated heterocycles. The maximum atomic E-state index is 13.7. The Balaban J connectivity index is 1.36. The molecular weight excluding hydrogens is 574 g/mol. The zero-order chi connectivity index (χ0) is 28.4. The number of hydrogen-bond acceptors (Lipinski definition) is 7. The van der Waals surface area contributed by atoms with Crippen LogP contribution in [0.4, 0.5) is 5.69 Å². The van der Waals surface area contributed by atoms with Crippen LogP contribution in [0.1, 0.15) is 47.3 Å². The molecular formula is C27H34ClN5O5S2. The van der Waals surface area contributed by atoms with Gasteiger partial charge in [-0.05, 0) is 62.4 Å². The number of thiophene rings is 1. The van der Waals surface area contributed by atoms with E-state index in [0.717, 1.165) is 37.3 Å². The van der Waals surface area contributed by atoms with Crippen molar-refractivity contribution in [1.82, 2.24) is 19.8 Å². The maximum Gasteiger partial charge on any atom is 0.261 e. The number of carbonyl (C=O) groups is 3. The van der Waals surface area contributed by atoms with E-state index in [9.17, 15) is 22.8 Å². The molecule has 3 fully saturated rings. The van der Waals surface area contributed by atoms with Gasteiger partial charge in [0.1, 0.15) is 6.04 Å². The number of nitrogens with one attached hydrogen (secondary N) is 2. The summed E-state index contributed by atoms with van der Waals surface area (Å²) < 4.78 is 30.5. The first-order chi connectivity index (χ1) is 19.1. The fraction of sp³-hybridized carbons (Fsp3) is 0.519. The molecule has 13 heteroatoms. The molecule has 216 valence electrons. The van der Waals surface area contributed by atoms with Gasteiger partial charge in [-0.2, -0.15) is 4.72 Å². The topological polar surface area (TPSA) is 119 Å². The summed E-state index contributed by atoms with van der Waals surface area (Å²) in [6, 6.07) is 7.38. The third kappa shape index (κ3) is 6.52. The van der Waals surface area contributed by atoms with Crippen LogP contribution >= 0.6 is 22.9 Å². The number of hydrogen-bond donors (Lipinski definition) is 2. The van der Waals surface area contributed by atoms with Crippen LogP contribution in [0.3, 0.4) is 0 Å². The zero-order valence-corrected chi connectivity index (χ0v) is 24.8. The molecule has 2 aliphatic heterocycles. The van der Waals surface area contributed by atoms with E-state index in [1.807, 2.05) is 0 Å². The highest BCUT2D eigenvalue weighted by Gasteiger charge is 2.36. The molecule has 0 spiro atoms. The molecule has 3 heterocycles. The molecule has 1 atom stereocenters. The van der Waals surface area contributed by atoms with Crippen LogP contribution in [0, 0.1) is 6.92 Å². The number of anilines is 1. The number of piperidine rings is 1. The Morgan fingerprint density at radius 2 is 1.82 bits per heavy atom. The zero-order valence-electron chi connectivity index (χ0n) is 22.4. The van der Waals surface area contributed by atoms with Gasteiger partial charge in [-0.25, -0.2) is 8.42 Å². The lowest BCUT2D eigenvalue weighted by Gasteiger charge is -2.36. The minimum Gasteiger partial charge on any atom is -0.349 e. The predicted octanol–water partition coefficient (Wildman–Crippen LogP) is 2.61. The number of halogens is 1. The minimum atomic E-state index is -4.19. The number of sulfonamides is 1. The Hall–Kier alpha value is -2.51. The predicted molar refractivity (Wildman–Crippen MR) is 154 cm³/mol. The molecule has 0 bridgehead atoms. The van der Waals surface area contributed by atoms with Gasteiger partial charge < -0.3 is 15.1 Å². The molecule has 1 aliphatic carbocycles. The van der Waals surface area contributed by atoms with Crippen LogP contribution in [0.5, 0.6) is 0 Å². The Morgan fingerprint density at radius 3 is 2.48 bits per heavy atom. The summed E-state index contributed by atoms with van der Waals surface area (Å²) in [6.45, 7) is 4.44. The summed E-state index contributed by atoms with van der Waals surface area (Å²) in [5, 5.41) is 2.70. The van der Waals surface area contributed by atoms with Gasteiger partial charge in [-0.1, -0.05) is 17.7 Å². The van der Waals surface area contributed by atoms with Crippen LogP contribution in [-0.4, -0.2) is 87.3 Å². The van der Waals surface area contributed by atoms with Gasteiger partial charge in [0, 0.05) is 57.4 Å². The molecule has 1 aromatic heterocycles. The highest BCUT2D eigenvalue weighted by molar-refractivity contribution is 7.89. The fourth-order valence-corrected chi connectivity index (χ4v) is 7.77. The smallest absolute Gasteiger partial charge is 0.261 e. The van der Waals surface area contributed by atoms with Crippen molar-refractivity contribution in [3.8, 4) is 0 Å². The van der Waals surface area contributed by atoms with E-state index in [4.69, 9.17) is 11.6 Å². The van der Waals surface area contributed by atoms with Gasteiger partial charge in [0.2, 0.25) is 21.8 Å². The van der Waals surface area contributed by atoms with Crippen molar-refractivity contribution in [3.63, 3.8) is 0 Å². The van der Waals surface area contributed by atoms with Gasteiger partial charge in [0.15, 0.2) is 0 Å². The summed E-state index contributed by atoms with van der Waals surface area (Å²) in [5.41, 5.74) is 0.987. The lowest BCUT2D eigenvalue weighted by atomic mass is 10.1. The third-order valence-electron chi connectivity index (χ3n) is 7.71. The molecule has 3 amide bonds. The van der Waals surface area contributed by atoms with Gasteiger partial charge in [0.25, 0.3) is 5.91 Å². The van der Waals surface area contributed by atoms with Crippen LogP contribution in [0.15, 0.2) is 35.2 Å². The summed E-state index contributed by atoms with van der Waals surface area (Å²) in [7, 11) is -4.19. The van der Waals surface area contributed by atoms with E-state index < -0.39 is 22.0 Å². The average molecular weight is 608 g/mol. The van der Waals surface area contributed by atoms with Crippen LogP contribution in [-0.2, 0) is 19.6 Å². The summed E-state index contributed by atoms with van der Waals surface area (Å²) >= 11 is 7.06. The van der Waals surface area contributed by atoms with E-state index in [-0.39, 0.29) is 23.3 Å². The second kappa shape index (κ2) is 12.2. The number of amides is 3. The lowest BCUT2D eigenvalue weighted by Crippen LogP contribution is -2.58. The lowest BCUT2D eigenvalue weighted by molar-refractivity contribution is -0.134. The number of nitrogens with zero attached hydrogens (tertiary/aromatic N) is 3. The van der Waals surface area contributed by atoms with Gasteiger partial charge in [-0.3, -0.25) is 19.3 Å². The number of rotatable bonds is 9. The number of piperazine rings is 1. The highest BCUT2D eigenvalue weighted by Crippen LogP contribution is 2.30. The average Bonchev–Trinajstić information content (AvgIpc) is 3.70. The first-order valence-corrected chi connectivity index (χ1v) is 16.3. The standard InChI is InChI=1S/C27H34ClN5O5S2/c1-18-21(33-12-3-2-7-25(33)34)5-4-6-23(18)40(37,38)30-20(17-29-26(35)22-10-11-24(28)39-22)27(36)32-15-13-31(14-16-32)19-8-9-19/h4-6,10-11,19-20,30H,2-3,7-9,12-17H2,1H3,(H,29,35)/t20-/m0/s1. The van der Waals surface area contributed by atoms with Crippen LogP contribution in [0.2, 0.25) is 4.34 Å². The van der Waals surface area contributed by atoms with Crippen LogP contribution < -0.4 is 14.9 Å². The van der Waals surface area contributed by atoms with Crippen molar-refractivity contribution in [1.29, 1.82) is 0 Å². The van der Waals surface area contributed by atoms with Crippen molar-refractivity contribution in [2.75, 3.05) is 44.2 Å². The molecule has 2 aromatic rings.